The van der Waals surface area contributed by atoms with E-state index in [2.05, 4.69) is 15.1 Å². The molecule has 1 aromatic carbocycles. The molecule has 1 aliphatic heterocycles. The number of benzene rings is 1. The first kappa shape index (κ1) is 18.3. The van der Waals surface area contributed by atoms with Gasteiger partial charge >= 0.3 is 0 Å². The van der Waals surface area contributed by atoms with Crippen molar-refractivity contribution in [2.75, 3.05) is 13.1 Å². The number of hydrogen-bond acceptors (Lipinski definition) is 5. The maximum absolute atomic E-state index is 13.9. The molecule has 0 bridgehead atoms. The van der Waals surface area contributed by atoms with Gasteiger partial charge in [-0.1, -0.05) is 23.4 Å². The van der Waals surface area contributed by atoms with Gasteiger partial charge in [-0.15, -0.1) is 0 Å². The molecule has 0 unspecified atom stereocenters. The van der Waals surface area contributed by atoms with Crippen LogP contribution in [0.2, 0.25) is 0 Å². The third kappa shape index (κ3) is 4.24. The lowest BCUT2D eigenvalue weighted by atomic mass is 9.94. The molecule has 1 atom stereocenters. The molecule has 3 aromatic rings. The van der Waals surface area contributed by atoms with Crippen LogP contribution in [0.25, 0.3) is 11.4 Å². The van der Waals surface area contributed by atoms with Crippen molar-refractivity contribution in [3.8, 4) is 11.4 Å². The average Bonchev–Trinajstić information content (AvgIpc) is 3.17. The summed E-state index contributed by atoms with van der Waals surface area (Å²) in [5, 5.41) is 3.91. The molecule has 3 heterocycles. The molecule has 0 saturated carbocycles. The van der Waals surface area contributed by atoms with Crippen LogP contribution in [0.5, 0.6) is 0 Å². The summed E-state index contributed by atoms with van der Waals surface area (Å²) in [6.45, 7) is 1.43. The maximum atomic E-state index is 13.9. The van der Waals surface area contributed by atoms with Crippen LogP contribution in [0, 0.1) is 11.7 Å². The minimum atomic E-state index is -0.375. The van der Waals surface area contributed by atoms with Gasteiger partial charge in [0.15, 0.2) is 0 Å². The molecule has 1 fully saturated rings. The van der Waals surface area contributed by atoms with Crippen LogP contribution >= 0.6 is 0 Å². The summed E-state index contributed by atoms with van der Waals surface area (Å²) in [5.74, 6) is 0.716. The van der Waals surface area contributed by atoms with Crippen LogP contribution in [-0.2, 0) is 17.6 Å². The number of hydrogen-bond donors (Lipinski definition) is 0. The van der Waals surface area contributed by atoms with E-state index in [1.165, 1.54) is 6.07 Å². The number of rotatable bonds is 5. The fraction of sp³-hybridized carbons (Fsp3) is 0.333. The highest BCUT2D eigenvalue weighted by Gasteiger charge is 2.25. The number of nitrogens with zero attached hydrogens (tertiary/aromatic N) is 4. The molecule has 2 aromatic heterocycles. The molecule has 144 valence electrons. The van der Waals surface area contributed by atoms with Gasteiger partial charge in [0.1, 0.15) is 5.82 Å². The number of pyridine rings is 1. The summed E-state index contributed by atoms with van der Waals surface area (Å²) >= 11 is 0. The summed E-state index contributed by atoms with van der Waals surface area (Å²) in [6.07, 6.45) is 6.30. The van der Waals surface area contributed by atoms with E-state index in [0.29, 0.717) is 30.8 Å². The molecular formula is C21H21FN4O2. The molecular weight excluding hydrogens is 359 g/mol. The minimum Gasteiger partial charge on any atom is -0.342 e. The van der Waals surface area contributed by atoms with Gasteiger partial charge in [-0.3, -0.25) is 9.78 Å². The largest absolute Gasteiger partial charge is 0.342 e. The lowest BCUT2D eigenvalue weighted by Crippen LogP contribution is -2.41. The number of carbonyl (C=O) groups is 1. The van der Waals surface area contributed by atoms with Gasteiger partial charge in [0, 0.05) is 31.9 Å². The third-order valence-corrected chi connectivity index (χ3v) is 5.00. The predicted octanol–water partition coefficient (Wildman–Crippen LogP) is 3.29. The van der Waals surface area contributed by atoms with Crippen LogP contribution in [0.15, 0.2) is 53.3 Å². The lowest BCUT2D eigenvalue weighted by molar-refractivity contribution is -0.132. The van der Waals surface area contributed by atoms with Crippen molar-refractivity contribution in [3.63, 3.8) is 0 Å². The van der Waals surface area contributed by atoms with E-state index in [1.54, 1.807) is 30.6 Å². The molecule has 6 nitrogen and oxygen atoms in total. The fourth-order valence-corrected chi connectivity index (χ4v) is 3.58. The van der Waals surface area contributed by atoms with Crippen molar-refractivity contribution >= 4 is 5.91 Å². The van der Waals surface area contributed by atoms with Crippen LogP contribution < -0.4 is 0 Å². The normalized spacial score (nSPS) is 16.9. The van der Waals surface area contributed by atoms with Crippen molar-refractivity contribution in [2.24, 2.45) is 5.92 Å². The van der Waals surface area contributed by atoms with Crippen molar-refractivity contribution in [3.05, 3.63) is 66.1 Å². The maximum Gasteiger partial charge on any atom is 0.227 e. The SMILES string of the molecule is O=C(Cc1cccnc1)N1CCC[C@@H](Cc2nc(-c3ccccc3F)no2)C1. The molecule has 7 heteroatoms. The summed E-state index contributed by atoms with van der Waals surface area (Å²) in [4.78, 5) is 22.9. The van der Waals surface area contributed by atoms with Crippen molar-refractivity contribution < 1.29 is 13.7 Å². The number of halogens is 1. The zero-order valence-electron chi connectivity index (χ0n) is 15.4. The Balaban J connectivity index is 1.38. The highest BCUT2D eigenvalue weighted by molar-refractivity contribution is 5.78. The Bertz CT molecular complexity index is 944. The van der Waals surface area contributed by atoms with Crippen molar-refractivity contribution in [1.29, 1.82) is 0 Å². The zero-order valence-corrected chi connectivity index (χ0v) is 15.4. The van der Waals surface area contributed by atoms with Gasteiger partial charge in [0.2, 0.25) is 17.6 Å². The van der Waals surface area contributed by atoms with Gasteiger partial charge in [-0.25, -0.2) is 4.39 Å². The average molecular weight is 380 g/mol. The fourth-order valence-electron chi connectivity index (χ4n) is 3.58. The molecule has 0 N–H and O–H groups in total. The van der Waals surface area contributed by atoms with Crippen LogP contribution in [0.3, 0.4) is 0 Å². The van der Waals surface area contributed by atoms with Crippen LogP contribution in [0.4, 0.5) is 4.39 Å². The lowest BCUT2D eigenvalue weighted by Gasteiger charge is -2.32. The van der Waals surface area contributed by atoms with Gasteiger partial charge in [0.05, 0.1) is 12.0 Å². The summed E-state index contributed by atoms with van der Waals surface area (Å²) in [6, 6.07) is 10.1. The molecule has 0 spiro atoms. The van der Waals surface area contributed by atoms with Crippen LogP contribution in [-0.4, -0.2) is 39.0 Å². The highest BCUT2D eigenvalue weighted by Crippen LogP contribution is 2.24. The Hall–Kier alpha value is -3.09. The summed E-state index contributed by atoms with van der Waals surface area (Å²) < 4.78 is 19.2. The zero-order chi connectivity index (χ0) is 19.3. The number of amides is 1. The van der Waals surface area contributed by atoms with Crippen LogP contribution in [0.1, 0.15) is 24.3 Å². The second-order valence-corrected chi connectivity index (χ2v) is 7.08. The molecule has 0 aliphatic carbocycles. The number of aromatic nitrogens is 3. The van der Waals surface area contributed by atoms with E-state index < -0.39 is 0 Å². The first-order chi connectivity index (χ1) is 13.7. The second-order valence-electron chi connectivity index (χ2n) is 7.08. The molecule has 1 amide bonds. The first-order valence-corrected chi connectivity index (χ1v) is 9.43. The number of likely N-dealkylation sites (tertiary alicyclic amines) is 1. The van der Waals surface area contributed by atoms with E-state index in [0.717, 1.165) is 24.9 Å². The Morgan fingerprint density at radius 1 is 1.25 bits per heavy atom. The Kier molecular flexibility index (Phi) is 5.41. The monoisotopic (exact) mass is 380 g/mol. The smallest absolute Gasteiger partial charge is 0.227 e. The minimum absolute atomic E-state index is 0.107. The van der Waals surface area contributed by atoms with Gasteiger partial charge in [0.25, 0.3) is 0 Å². The van der Waals surface area contributed by atoms with Crippen molar-refractivity contribution in [2.45, 2.75) is 25.7 Å². The van der Waals surface area contributed by atoms with Gasteiger partial charge in [-0.05, 0) is 42.5 Å². The number of carbonyl (C=O) groups excluding carboxylic acids is 1. The van der Waals surface area contributed by atoms with E-state index >= 15 is 0 Å². The topological polar surface area (TPSA) is 72.1 Å². The molecule has 1 aliphatic rings. The summed E-state index contributed by atoms with van der Waals surface area (Å²) in [5.41, 5.74) is 1.25. The molecule has 1 saturated heterocycles. The highest BCUT2D eigenvalue weighted by atomic mass is 19.1. The first-order valence-electron chi connectivity index (χ1n) is 9.43. The van der Waals surface area contributed by atoms with E-state index in [1.807, 2.05) is 17.0 Å². The van der Waals surface area contributed by atoms with E-state index in [-0.39, 0.29) is 23.5 Å². The van der Waals surface area contributed by atoms with Gasteiger partial charge in [-0.2, -0.15) is 4.98 Å². The Morgan fingerprint density at radius 3 is 2.96 bits per heavy atom. The molecule has 28 heavy (non-hydrogen) atoms. The standard InChI is InChI=1S/C21H21FN4O2/c22-18-8-2-1-7-17(18)21-24-19(28-25-21)11-16-6-4-10-26(14-16)20(27)12-15-5-3-9-23-13-15/h1-3,5,7-9,13,16H,4,6,10-12,14H2/t16-/m0/s1. The Morgan fingerprint density at radius 2 is 2.14 bits per heavy atom. The molecule has 0 radical (unpaired) electrons. The van der Waals surface area contributed by atoms with Crippen molar-refractivity contribution in [1.82, 2.24) is 20.0 Å². The summed E-state index contributed by atoms with van der Waals surface area (Å²) in [7, 11) is 0. The van der Waals surface area contributed by atoms with Gasteiger partial charge < -0.3 is 9.42 Å². The Labute approximate surface area is 162 Å². The van der Waals surface area contributed by atoms with E-state index in [9.17, 15) is 9.18 Å². The number of piperidine rings is 1. The van der Waals surface area contributed by atoms with E-state index in [4.69, 9.17) is 4.52 Å². The predicted molar refractivity (Wildman–Crippen MR) is 101 cm³/mol. The molecule has 4 rings (SSSR count). The second kappa shape index (κ2) is 8.29. The third-order valence-electron chi connectivity index (χ3n) is 5.00. The quantitative estimate of drug-likeness (QED) is 0.679.